The predicted molar refractivity (Wildman–Crippen MR) is 50.1 cm³/mol. The summed E-state index contributed by atoms with van der Waals surface area (Å²) in [5.41, 5.74) is 0.116. The first-order chi connectivity index (χ1) is 6.18. The van der Waals surface area contributed by atoms with Gasteiger partial charge < -0.3 is 5.11 Å². The summed E-state index contributed by atoms with van der Waals surface area (Å²) in [5, 5.41) is 10.5. The number of thiol groups is 1. The number of aliphatic carboxylic acids is 1. The van der Waals surface area contributed by atoms with E-state index in [4.69, 9.17) is 5.11 Å². The second-order valence-electron chi connectivity index (χ2n) is 2.88. The van der Waals surface area contributed by atoms with Gasteiger partial charge in [-0.15, -0.1) is 0 Å². The van der Waals surface area contributed by atoms with Crippen LogP contribution in [0.2, 0.25) is 0 Å². The Morgan fingerprint density at radius 2 is 2.54 bits per heavy atom. The molecule has 0 aromatic rings. The first-order valence-corrected chi connectivity index (χ1v) is 4.32. The molecule has 2 aliphatic rings. The van der Waals surface area contributed by atoms with Crippen LogP contribution in [0.3, 0.4) is 0 Å². The zero-order valence-electron chi connectivity index (χ0n) is 6.79. The molecule has 1 atom stereocenters. The standard InChI is InChI=1S/C7H9N3O2S/c11-7(12)5-1-3-9-6(8-5)2-4-10(9)13/h1,3,6,13H,2,4H2,(H,11,12). The van der Waals surface area contributed by atoms with E-state index < -0.39 is 5.97 Å². The van der Waals surface area contributed by atoms with Gasteiger partial charge in [-0.05, 0) is 6.08 Å². The van der Waals surface area contributed by atoms with Crippen molar-refractivity contribution in [1.82, 2.24) is 9.42 Å². The van der Waals surface area contributed by atoms with E-state index >= 15 is 0 Å². The molecule has 0 amide bonds. The molecule has 1 saturated heterocycles. The van der Waals surface area contributed by atoms with E-state index in [2.05, 4.69) is 17.8 Å². The zero-order chi connectivity index (χ0) is 9.42. The third kappa shape index (κ3) is 1.42. The molecule has 0 spiro atoms. The monoisotopic (exact) mass is 199 g/mol. The lowest BCUT2D eigenvalue weighted by Gasteiger charge is -2.26. The highest BCUT2D eigenvalue weighted by Gasteiger charge is 2.30. The third-order valence-corrected chi connectivity index (χ3v) is 2.46. The van der Waals surface area contributed by atoms with Crippen molar-refractivity contribution in [2.24, 2.45) is 4.99 Å². The summed E-state index contributed by atoms with van der Waals surface area (Å²) < 4.78 is 1.73. The molecule has 0 aliphatic carbocycles. The van der Waals surface area contributed by atoms with Crippen LogP contribution in [0, 0.1) is 0 Å². The molecule has 1 unspecified atom stereocenters. The van der Waals surface area contributed by atoms with Gasteiger partial charge in [0.1, 0.15) is 11.9 Å². The summed E-state index contributed by atoms with van der Waals surface area (Å²) in [6.07, 6.45) is 3.90. The van der Waals surface area contributed by atoms with Gasteiger partial charge in [0, 0.05) is 19.2 Å². The van der Waals surface area contributed by atoms with Crippen molar-refractivity contribution in [1.29, 1.82) is 0 Å². The highest BCUT2D eigenvalue weighted by molar-refractivity contribution is 7.77. The molecule has 6 heteroatoms. The third-order valence-electron chi connectivity index (χ3n) is 2.05. The molecule has 2 aliphatic heterocycles. The molecular weight excluding hydrogens is 190 g/mol. The highest BCUT2D eigenvalue weighted by Crippen LogP contribution is 2.23. The van der Waals surface area contributed by atoms with Crippen LogP contribution in [0.5, 0.6) is 0 Å². The van der Waals surface area contributed by atoms with Crippen molar-refractivity contribution in [2.45, 2.75) is 12.6 Å². The number of fused-ring (bicyclic) bond motifs is 1. The molecule has 5 nitrogen and oxygen atoms in total. The van der Waals surface area contributed by atoms with E-state index in [1.54, 1.807) is 10.6 Å². The Kier molecular flexibility index (Phi) is 2.01. The Hall–Kier alpha value is -1.01. The van der Waals surface area contributed by atoms with Crippen LogP contribution in [0.25, 0.3) is 0 Å². The lowest BCUT2D eigenvalue weighted by molar-refractivity contribution is -0.129. The Balaban J connectivity index is 2.21. The van der Waals surface area contributed by atoms with Gasteiger partial charge in [-0.25, -0.2) is 4.79 Å². The van der Waals surface area contributed by atoms with E-state index in [1.165, 1.54) is 6.08 Å². The number of hydrogen-bond acceptors (Lipinski definition) is 5. The molecule has 2 rings (SSSR count). The predicted octanol–water partition coefficient (Wildman–Crippen LogP) is 0.133. The van der Waals surface area contributed by atoms with E-state index in [9.17, 15) is 4.79 Å². The minimum Gasteiger partial charge on any atom is -0.477 e. The van der Waals surface area contributed by atoms with E-state index in [0.717, 1.165) is 13.0 Å². The fourth-order valence-electron chi connectivity index (χ4n) is 1.41. The van der Waals surface area contributed by atoms with Gasteiger partial charge in [-0.1, -0.05) is 12.8 Å². The number of hydrazine groups is 1. The van der Waals surface area contributed by atoms with Gasteiger partial charge >= 0.3 is 5.97 Å². The van der Waals surface area contributed by atoms with Crippen LogP contribution in [-0.4, -0.2) is 38.9 Å². The number of carboxylic acid groups (broad SMARTS) is 1. The smallest absolute Gasteiger partial charge is 0.354 e. The molecule has 0 aromatic carbocycles. The van der Waals surface area contributed by atoms with Gasteiger partial charge in [0.15, 0.2) is 0 Å². The molecule has 70 valence electrons. The SMILES string of the molecule is O=C(O)C1=NC2CCN(S)N2C=C1. The van der Waals surface area contributed by atoms with E-state index in [0.29, 0.717) is 0 Å². The second kappa shape index (κ2) is 3.04. The number of nitrogens with zero attached hydrogens (tertiary/aromatic N) is 3. The van der Waals surface area contributed by atoms with Crippen LogP contribution in [0.15, 0.2) is 17.3 Å². The minimum atomic E-state index is -0.978. The lowest BCUT2D eigenvalue weighted by Crippen LogP contribution is -2.34. The molecule has 2 heterocycles. The van der Waals surface area contributed by atoms with E-state index in [-0.39, 0.29) is 11.9 Å². The topological polar surface area (TPSA) is 56.1 Å². The molecule has 1 N–H and O–H groups in total. The van der Waals surface area contributed by atoms with Gasteiger partial charge in [-0.2, -0.15) is 4.41 Å². The zero-order valence-corrected chi connectivity index (χ0v) is 7.69. The Bertz CT molecular complexity index is 302. The molecule has 13 heavy (non-hydrogen) atoms. The van der Waals surface area contributed by atoms with Gasteiger partial charge in [-0.3, -0.25) is 10.0 Å². The Labute approximate surface area is 80.9 Å². The minimum absolute atomic E-state index is 0.0893. The molecule has 0 aromatic heterocycles. The fourth-order valence-corrected chi connectivity index (χ4v) is 1.70. The Morgan fingerprint density at radius 3 is 3.23 bits per heavy atom. The number of rotatable bonds is 1. The van der Waals surface area contributed by atoms with E-state index in [1.807, 2.05) is 5.01 Å². The van der Waals surface area contributed by atoms with Crippen molar-refractivity contribution in [3.63, 3.8) is 0 Å². The van der Waals surface area contributed by atoms with Crippen molar-refractivity contribution in [2.75, 3.05) is 6.54 Å². The maximum absolute atomic E-state index is 10.6. The summed E-state index contributed by atoms with van der Waals surface area (Å²) in [6.45, 7) is 0.786. The fraction of sp³-hybridized carbons (Fsp3) is 0.429. The van der Waals surface area contributed by atoms with Crippen molar-refractivity contribution < 1.29 is 9.90 Å². The maximum atomic E-state index is 10.6. The largest absolute Gasteiger partial charge is 0.477 e. The summed E-state index contributed by atoms with van der Waals surface area (Å²) in [6, 6.07) is 0. The van der Waals surface area contributed by atoms with Crippen LogP contribution < -0.4 is 0 Å². The van der Waals surface area contributed by atoms with Gasteiger partial charge in [0.2, 0.25) is 0 Å². The molecule has 0 radical (unpaired) electrons. The maximum Gasteiger partial charge on any atom is 0.354 e. The van der Waals surface area contributed by atoms with Crippen LogP contribution in [-0.2, 0) is 4.79 Å². The molecule has 0 bridgehead atoms. The molecule has 0 saturated carbocycles. The average Bonchev–Trinajstić information content (AvgIpc) is 2.47. The van der Waals surface area contributed by atoms with Crippen LogP contribution >= 0.6 is 12.8 Å². The number of aliphatic imine (C=N–C) groups is 1. The average molecular weight is 199 g/mol. The van der Waals surface area contributed by atoms with Crippen molar-refractivity contribution in [3.05, 3.63) is 12.3 Å². The van der Waals surface area contributed by atoms with Gasteiger partial charge in [0.05, 0.1) is 0 Å². The molecule has 1 fully saturated rings. The normalized spacial score (nSPS) is 27.3. The summed E-state index contributed by atoms with van der Waals surface area (Å²) in [5.74, 6) is -0.978. The Morgan fingerprint density at radius 1 is 1.77 bits per heavy atom. The first-order valence-electron chi connectivity index (χ1n) is 3.92. The summed E-state index contributed by atoms with van der Waals surface area (Å²) in [4.78, 5) is 14.7. The quantitative estimate of drug-likeness (QED) is 0.589. The van der Waals surface area contributed by atoms with Crippen LogP contribution in [0.4, 0.5) is 0 Å². The lowest BCUT2D eigenvalue weighted by atomic mass is 10.3. The van der Waals surface area contributed by atoms with Gasteiger partial charge in [0.25, 0.3) is 0 Å². The molecular formula is C7H9N3O2S. The first kappa shape index (κ1) is 8.58. The number of hydrogen-bond donors (Lipinski definition) is 2. The summed E-state index contributed by atoms with van der Waals surface area (Å²) >= 11 is 4.19. The second-order valence-corrected chi connectivity index (χ2v) is 3.34. The highest BCUT2D eigenvalue weighted by atomic mass is 32.1. The number of carboxylic acids is 1. The van der Waals surface area contributed by atoms with Crippen molar-refractivity contribution >= 4 is 24.5 Å². The summed E-state index contributed by atoms with van der Waals surface area (Å²) in [7, 11) is 0. The number of carbonyl (C=O) groups is 1. The van der Waals surface area contributed by atoms with Crippen molar-refractivity contribution in [3.8, 4) is 0 Å². The van der Waals surface area contributed by atoms with Crippen LogP contribution in [0.1, 0.15) is 6.42 Å².